The molecule has 1 aliphatic heterocycles. The molecule has 1 amide bonds. The second-order valence-corrected chi connectivity index (χ2v) is 5.01. The van der Waals surface area contributed by atoms with Gasteiger partial charge in [-0.1, -0.05) is 0 Å². The summed E-state index contributed by atoms with van der Waals surface area (Å²) in [7, 11) is 1.60. The fraction of sp³-hybridized carbons (Fsp3) is 0.500. The van der Waals surface area contributed by atoms with Crippen LogP contribution in [0.1, 0.15) is 6.92 Å². The van der Waals surface area contributed by atoms with Gasteiger partial charge >= 0.3 is 0 Å². The van der Waals surface area contributed by atoms with Crippen LogP contribution >= 0.6 is 15.9 Å². The summed E-state index contributed by atoms with van der Waals surface area (Å²) in [6.07, 6.45) is 0. The third kappa shape index (κ3) is 2.75. The summed E-state index contributed by atoms with van der Waals surface area (Å²) in [5.41, 5.74) is 0. The molecule has 18 heavy (non-hydrogen) atoms. The maximum absolute atomic E-state index is 11.3. The molecular weight excluding hydrogens is 298 g/mol. The number of ether oxygens (including phenoxy) is 1. The Bertz CT molecular complexity index is 445. The minimum atomic E-state index is 0.135. The van der Waals surface area contributed by atoms with Gasteiger partial charge in [0.25, 0.3) is 0 Å². The van der Waals surface area contributed by atoms with Gasteiger partial charge in [0.15, 0.2) is 0 Å². The fourth-order valence-corrected chi connectivity index (χ4v) is 2.37. The molecule has 0 bridgehead atoms. The monoisotopic (exact) mass is 313 g/mol. The Morgan fingerprint density at radius 2 is 2.00 bits per heavy atom. The van der Waals surface area contributed by atoms with E-state index in [1.54, 1.807) is 14.0 Å². The summed E-state index contributed by atoms with van der Waals surface area (Å²) in [6.45, 7) is 4.70. The molecule has 0 unspecified atom stereocenters. The zero-order valence-corrected chi connectivity index (χ0v) is 12.1. The molecule has 0 atom stereocenters. The first-order valence-corrected chi connectivity index (χ1v) is 6.62. The molecule has 0 saturated carbocycles. The van der Waals surface area contributed by atoms with Gasteiger partial charge in [0.1, 0.15) is 5.82 Å². The molecule has 1 aromatic rings. The minimum absolute atomic E-state index is 0.135. The summed E-state index contributed by atoms with van der Waals surface area (Å²) in [5.74, 6) is 1.61. The number of anilines is 1. The van der Waals surface area contributed by atoms with E-state index >= 15 is 0 Å². The van der Waals surface area contributed by atoms with Crippen molar-refractivity contribution in [2.45, 2.75) is 6.92 Å². The lowest BCUT2D eigenvalue weighted by atomic mass is 10.3. The molecule has 2 heterocycles. The van der Waals surface area contributed by atoms with E-state index < -0.39 is 0 Å². The number of methoxy groups -OCH3 is 1. The minimum Gasteiger partial charge on any atom is -0.480 e. The van der Waals surface area contributed by atoms with Crippen molar-refractivity contribution in [2.75, 3.05) is 38.2 Å². The van der Waals surface area contributed by atoms with Gasteiger partial charge in [-0.05, 0) is 28.1 Å². The van der Waals surface area contributed by atoms with Crippen LogP contribution in [-0.4, -0.2) is 49.1 Å². The van der Waals surface area contributed by atoms with Crippen LogP contribution in [0.25, 0.3) is 0 Å². The fourth-order valence-electron chi connectivity index (χ4n) is 1.98. The largest absolute Gasteiger partial charge is 0.480 e. The number of rotatable bonds is 2. The molecule has 1 aliphatic rings. The number of hydrogen-bond donors (Lipinski definition) is 0. The molecular formula is C12H16BrN3O2. The SMILES string of the molecule is COc1nc(N2CCN(C(C)=O)CC2)ccc1Br. The van der Waals surface area contributed by atoms with Crippen LogP contribution in [-0.2, 0) is 4.79 Å². The predicted molar refractivity (Wildman–Crippen MR) is 73.0 cm³/mol. The second kappa shape index (κ2) is 5.56. The van der Waals surface area contributed by atoms with E-state index in [2.05, 4.69) is 25.8 Å². The van der Waals surface area contributed by atoms with Crippen molar-refractivity contribution in [1.82, 2.24) is 9.88 Å². The highest BCUT2D eigenvalue weighted by Crippen LogP contribution is 2.26. The molecule has 5 nitrogen and oxygen atoms in total. The highest BCUT2D eigenvalue weighted by Gasteiger charge is 2.20. The average molecular weight is 314 g/mol. The predicted octanol–water partition coefficient (Wildman–Crippen LogP) is 1.52. The van der Waals surface area contributed by atoms with Gasteiger partial charge in [-0.2, -0.15) is 4.98 Å². The molecule has 1 saturated heterocycles. The Kier molecular flexibility index (Phi) is 4.06. The second-order valence-electron chi connectivity index (χ2n) is 4.15. The Labute approximate surface area is 115 Å². The molecule has 0 aromatic carbocycles. The van der Waals surface area contributed by atoms with Gasteiger partial charge in [-0.25, -0.2) is 0 Å². The summed E-state index contributed by atoms with van der Waals surface area (Å²) in [5, 5.41) is 0. The van der Waals surface area contributed by atoms with E-state index in [4.69, 9.17) is 4.74 Å². The van der Waals surface area contributed by atoms with Gasteiger partial charge in [0.2, 0.25) is 11.8 Å². The summed E-state index contributed by atoms with van der Waals surface area (Å²) in [6, 6.07) is 3.88. The van der Waals surface area contributed by atoms with E-state index in [1.807, 2.05) is 17.0 Å². The number of aromatic nitrogens is 1. The normalized spacial score (nSPS) is 15.7. The Morgan fingerprint density at radius 3 is 2.56 bits per heavy atom. The molecule has 1 fully saturated rings. The van der Waals surface area contributed by atoms with Crippen molar-refractivity contribution in [3.8, 4) is 5.88 Å². The third-order valence-corrected chi connectivity index (χ3v) is 3.64. The Hall–Kier alpha value is -1.30. The van der Waals surface area contributed by atoms with E-state index in [0.717, 1.165) is 36.5 Å². The van der Waals surface area contributed by atoms with Crippen molar-refractivity contribution in [1.29, 1.82) is 0 Å². The molecule has 0 N–H and O–H groups in total. The Balaban J connectivity index is 2.07. The molecule has 2 rings (SSSR count). The number of amides is 1. The van der Waals surface area contributed by atoms with Crippen LogP contribution in [0.4, 0.5) is 5.82 Å². The van der Waals surface area contributed by atoms with Crippen molar-refractivity contribution in [2.24, 2.45) is 0 Å². The summed E-state index contributed by atoms with van der Waals surface area (Å²) in [4.78, 5) is 19.7. The number of hydrogen-bond acceptors (Lipinski definition) is 4. The van der Waals surface area contributed by atoms with Crippen molar-refractivity contribution in [3.63, 3.8) is 0 Å². The van der Waals surface area contributed by atoms with Crippen LogP contribution in [0.2, 0.25) is 0 Å². The third-order valence-electron chi connectivity index (χ3n) is 3.04. The summed E-state index contributed by atoms with van der Waals surface area (Å²) < 4.78 is 6.03. The van der Waals surface area contributed by atoms with Crippen LogP contribution in [0.3, 0.4) is 0 Å². The van der Waals surface area contributed by atoms with E-state index in [1.165, 1.54) is 0 Å². The number of halogens is 1. The first-order chi connectivity index (χ1) is 8.61. The smallest absolute Gasteiger partial charge is 0.229 e. The zero-order valence-electron chi connectivity index (χ0n) is 10.5. The first-order valence-electron chi connectivity index (χ1n) is 5.83. The lowest BCUT2D eigenvalue weighted by Crippen LogP contribution is -2.48. The van der Waals surface area contributed by atoms with Gasteiger partial charge < -0.3 is 14.5 Å². The quantitative estimate of drug-likeness (QED) is 0.830. The number of carbonyl (C=O) groups is 1. The highest BCUT2D eigenvalue weighted by molar-refractivity contribution is 9.10. The van der Waals surface area contributed by atoms with Crippen LogP contribution < -0.4 is 9.64 Å². The van der Waals surface area contributed by atoms with Gasteiger partial charge in [-0.15, -0.1) is 0 Å². The van der Waals surface area contributed by atoms with Gasteiger partial charge in [0, 0.05) is 33.1 Å². The maximum Gasteiger partial charge on any atom is 0.229 e. The number of carbonyl (C=O) groups excluding carboxylic acids is 1. The number of nitrogens with zero attached hydrogens (tertiary/aromatic N) is 3. The van der Waals surface area contributed by atoms with Gasteiger partial charge in [0.05, 0.1) is 11.6 Å². The van der Waals surface area contributed by atoms with Gasteiger partial charge in [-0.3, -0.25) is 4.79 Å². The number of piperazine rings is 1. The molecule has 98 valence electrons. The standard InChI is InChI=1S/C12H16BrN3O2/c1-9(17)15-5-7-16(8-6-15)11-4-3-10(13)12(14-11)18-2/h3-4H,5-8H2,1-2H3. The van der Waals surface area contributed by atoms with E-state index in [0.29, 0.717) is 5.88 Å². The maximum atomic E-state index is 11.3. The van der Waals surface area contributed by atoms with Crippen molar-refractivity contribution in [3.05, 3.63) is 16.6 Å². The van der Waals surface area contributed by atoms with Crippen LogP contribution in [0.15, 0.2) is 16.6 Å². The topological polar surface area (TPSA) is 45.7 Å². The molecule has 0 aliphatic carbocycles. The lowest BCUT2D eigenvalue weighted by molar-refractivity contribution is -0.129. The van der Waals surface area contributed by atoms with Crippen molar-refractivity contribution < 1.29 is 9.53 Å². The van der Waals surface area contributed by atoms with E-state index in [-0.39, 0.29) is 5.91 Å². The lowest BCUT2D eigenvalue weighted by Gasteiger charge is -2.35. The van der Waals surface area contributed by atoms with Crippen LogP contribution in [0, 0.1) is 0 Å². The summed E-state index contributed by atoms with van der Waals surface area (Å²) >= 11 is 3.38. The Morgan fingerprint density at radius 1 is 1.33 bits per heavy atom. The molecule has 1 aromatic heterocycles. The van der Waals surface area contributed by atoms with Crippen molar-refractivity contribution >= 4 is 27.7 Å². The van der Waals surface area contributed by atoms with E-state index in [9.17, 15) is 4.79 Å². The average Bonchev–Trinajstić information content (AvgIpc) is 2.39. The molecule has 6 heteroatoms. The van der Waals surface area contributed by atoms with Crippen LogP contribution in [0.5, 0.6) is 5.88 Å². The molecule has 0 spiro atoms. The zero-order chi connectivity index (χ0) is 13.1. The molecule has 0 radical (unpaired) electrons. The highest BCUT2D eigenvalue weighted by atomic mass is 79.9. The number of pyridine rings is 1. The first kappa shape index (κ1) is 13.1.